The molecule has 0 N–H and O–H groups in total. The molecule has 0 saturated carbocycles. The summed E-state index contributed by atoms with van der Waals surface area (Å²) >= 11 is 3.38. The second-order valence-electron chi connectivity index (χ2n) is 23.5. The maximum atomic E-state index is 2.35. The predicted molar refractivity (Wildman–Crippen MR) is 347 cm³/mol. The molecule has 0 aromatic heterocycles. The van der Waals surface area contributed by atoms with E-state index in [1.807, 2.05) is 0 Å². The summed E-state index contributed by atoms with van der Waals surface area (Å²) in [5, 5.41) is 14.8. The molecule has 0 nitrogen and oxygen atoms in total. The van der Waals surface area contributed by atoms with Crippen LogP contribution in [0.25, 0.3) is 43.1 Å². The number of halogens is 2. The van der Waals surface area contributed by atoms with E-state index >= 15 is 0 Å². The van der Waals surface area contributed by atoms with E-state index in [9.17, 15) is 0 Å². The van der Waals surface area contributed by atoms with Crippen molar-refractivity contribution >= 4 is 64.3 Å². The molecule has 0 heterocycles. The summed E-state index contributed by atoms with van der Waals surface area (Å²) in [6, 6.07) is 49.0. The molecule has 0 aliphatic rings. The van der Waals surface area contributed by atoms with Crippen molar-refractivity contribution in [2.45, 2.75) is 175 Å². The van der Waals surface area contributed by atoms with Crippen molar-refractivity contribution in [2.75, 3.05) is 0 Å². The molecule has 0 bridgehead atoms. The van der Waals surface area contributed by atoms with Gasteiger partial charge in [-0.3, -0.25) is 0 Å². The van der Waals surface area contributed by atoms with Gasteiger partial charge >= 0.3 is 142 Å². The molecule has 0 saturated heterocycles. The molecule has 0 aliphatic carbocycles. The van der Waals surface area contributed by atoms with Gasteiger partial charge in [0.2, 0.25) is 0 Å². The molecule has 0 radical (unpaired) electrons. The number of aryl methyl sites for hydroxylation is 12. The maximum absolute atomic E-state index is 2.35. The Bertz CT molecular complexity index is 3210. The first kappa shape index (κ1) is 70.8. The molecular weight excluding hydrogens is 1200 g/mol. The summed E-state index contributed by atoms with van der Waals surface area (Å²) in [7, 11) is 0. The third-order valence-electron chi connectivity index (χ3n) is 16.2. The van der Waals surface area contributed by atoms with Crippen LogP contribution in [0.15, 0.2) is 133 Å². The molecule has 420 valence electrons. The Labute approximate surface area is 528 Å². The van der Waals surface area contributed by atoms with Gasteiger partial charge < -0.3 is 24.8 Å². The van der Waals surface area contributed by atoms with E-state index in [0.29, 0.717) is 23.7 Å². The predicted octanol–water partition coefficient (Wildman–Crippen LogP) is 14.6. The average Bonchev–Trinajstić information content (AvgIpc) is 4.09. The minimum absolute atomic E-state index is 0. The first-order valence-corrected chi connectivity index (χ1v) is 39.9. The topological polar surface area (TPSA) is 0 Å². The van der Waals surface area contributed by atoms with Gasteiger partial charge in [0.05, 0.1) is 0 Å². The van der Waals surface area contributed by atoms with E-state index in [1.165, 1.54) is 132 Å². The van der Waals surface area contributed by atoms with Gasteiger partial charge in [-0.15, -0.1) is 136 Å². The third-order valence-corrected chi connectivity index (χ3v) is 22.9. The largest absolute Gasteiger partial charge is 1.00 e. The number of hydrogen-bond acceptors (Lipinski definition) is 0. The summed E-state index contributed by atoms with van der Waals surface area (Å²) in [4.78, 5) is 0. The number of hydrogen-bond donors (Lipinski definition) is 0. The summed E-state index contributed by atoms with van der Waals surface area (Å²) in [5.41, 5.74) is 22.8. The van der Waals surface area contributed by atoms with Crippen LogP contribution in [0.3, 0.4) is 0 Å². The minimum Gasteiger partial charge on any atom is -1.00 e. The van der Waals surface area contributed by atoms with Crippen molar-refractivity contribution in [2.24, 2.45) is 0 Å². The van der Waals surface area contributed by atoms with E-state index in [4.69, 9.17) is 0 Å². The fourth-order valence-electron chi connectivity index (χ4n) is 10.8. The van der Waals surface area contributed by atoms with Crippen molar-refractivity contribution in [1.29, 1.82) is 0 Å². The monoisotopic (exact) mass is 1290 g/mol. The van der Waals surface area contributed by atoms with Gasteiger partial charge in [-0.25, -0.2) is 0 Å². The van der Waals surface area contributed by atoms with Crippen LogP contribution >= 0.6 is 0 Å². The molecule has 0 fully saturated rings. The van der Waals surface area contributed by atoms with Crippen LogP contribution < -0.4 is 35.2 Å². The fraction of sp³-hybridized carbons (Fsp3) is 0.351. The molecule has 0 spiro atoms. The molecule has 10 aromatic carbocycles. The molecule has 0 aliphatic heterocycles. The minimum atomic E-state index is -0.122. The molecule has 0 atom stereocenters. The van der Waals surface area contributed by atoms with E-state index in [-0.39, 0.29) is 35.7 Å². The molecular formula is C74H92Cl2Si2Zr2-2. The molecule has 10 aromatic rings. The van der Waals surface area contributed by atoms with E-state index < -0.39 is 0 Å². The smallest absolute Gasteiger partial charge is 0.0308 e. The zero-order valence-electron chi connectivity index (χ0n) is 52.8. The quantitative estimate of drug-likeness (QED) is 0.115. The standard InChI is InChI=1S/4C15H19.2C7H8Si.2ClH.2Zr/c4*1-9(2)13-7-6-10(3)14-8-11(4)12(5)15(13)14;2*1-8-7-5-3-2-4-6-7;;;;/h4*6-9H,1-5H3;2*2-6H,1H3;2*1H;;/q4*-1;;;;;2*+2/p-2. The molecule has 0 unspecified atom stereocenters. The number of benzene rings is 6. The van der Waals surface area contributed by atoms with Gasteiger partial charge in [-0.1, -0.05) is 185 Å². The zero-order chi connectivity index (χ0) is 58.0. The summed E-state index contributed by atoms with van der Waals surface area (Å²) in [6.45, 7) is 49.4. The van der Waals surface area contributed by atoms with Crippen molar-refractivity contribution in [3.8, 4) is 0 Å². The van der Waals surface area contributed by atoms with E-state index in [1.54, 1.807) is 57.0 Å². The SMILES string of the molecule is C[Si](=[Zr+2])c1ccccc1.C[Si](=[Zr+2])c1ccccc1.Cc1[cH-]c2c(C)ccc(C(C)C)c2c1C.Cc1[cH-]c2c(C)ccc(C(C)C)c2c1C.Cc1[cH-]c2c(C)ccc(C(C)C)c2c1C.Cc1[cH-]c2c(C)ccc(C(C)C)c2c1C.[Cl-].[Cl-]. The molecule has 0 amide bonds. The van der Waals surface area contributed by atoms with E-state index in [0.717, 1.165) is 0 Å². The second kappa shape index (κ2) is 32.0. The fourth-order valence-corrected chi connectivity index (χ4v) is 14.6. The average molecular weight is 1290 g/mol. The van der Waals surface area contributed by atoms with Crippen molar-refractivity contribution < 1.29 is 71.5 Å². The van der Waals surface area contributed by atoms with Crippen LogP contribution in [0.4, 0.5) is 0 Å². The van der Waals surface area contributed by atoms with Crippen molar-refractivity contribution in [1.82, 2.24) is 0 Å². The third kappa shape index (κ3) is 17.3. The van der Waals surface area contributed by atoms with Gasteiger partial charge in [0.15, 0.2) is 0 Å². The Morgan fingerprint density at radius 3 is 0.637 bits per heavy atom. The Balaban J connectivity index is 0.000000254. The van der Waals surface area contributed by atoms with Crippen LogP contribution in [0.2, 0.25) is 13.1 Å². The Hall–Kier alpha value is -3.46. The Morgan fingerprint density at radius 1 is 0.300 bits per heavy atom. The van der Waals surface area contributed by atoms with Gasteiger partial charge in [-0.05, 0) is 23.7 Å². The van der Waals surface area contributed by atoms with Gasteiger partial charge in [0.25, 0.3) is 0 Å². The van der Waals surface area contributed by atoms with Gasteiger partial charge in [0.1, 0.15) is 0 Å². The zero-order valence-corrected chi connectivity index (χ0v) is 61.2. The first-order chi connectivity index (χ1) is 36.7. The van der Waals surface area contributed by atoms with Gasteiger partial charge in [-0.2, -0.15) is 22.3 Å². The molecule has 10 rings (SSSR count). The van der Waals surface area contributed by atoms with Gasteiger partial charge in [0, 0.05) is 0 Å². The summed E-state index contributed by atoms with van der Waals surface area (Å²) in [5.74, 6) is 2.42. The van der Waals surface area contributed by atoms with Crippen LogP contribution in [-0.4, -0.2) is 10.9 Å². The Kier molecular flexibility index (Phi) is 28.3. The summed E-state index contributed by atoms with van der Waals surface area (Å²) < 4.78 is 0. The maximum Gasteiger partial charge on any atom is -0.0308 e. The van der Waals surface area contributed by atoms with Crippen LogP contribution in [-0.2, 0) is 46.7 Å². The van der Waals surface area contributed by atoms with Crippen molar-refractivity contribution in [3.05, 3.63) is 222 Å². The first-order valence-electron chi connectivity index (χ1n) is 28.5. The normalized spacial score (nSPS) is 10.8. The van der Waals surface area contributed by atoms with E-state index in [2.05, 4.69) is 285 Å². The van der Waals surface area contributed by atoms with Crippen LogP contribution in [0, 0.1) is 83.1 Å². The number of rotatable bonds is 6. The Morgan fingerprint density at radius 2 is 0.487 bits per heavy atom. The van der Waals surface area contributed by atoms with Crippen LogP contribution in [0.1, 0.15) is 168 Å². The van der Waals surface area contributed by atoms with Crippen LogP contribution in [0.5, 0.6) is 0 Å². The second-order valence-corrected chi connectivity index (χ2v) is 38.2. The number of fused-ring (bicyclic) bond motifs is 4. The summed E-state index contributed by atoms with van der Waals surface area (Å²) in [6.07, 6.45) is 0. The molecule has 80 heavy (non-hydrogen) atoms. The van der Waals surface area contributed by atoms with Crippen molar-refractivity contribution in [3.63, 3.8) is 0 Å². The molecule has 6 heteroatoms.